The molecule has 0 aliphatic carbocycles. The van der Waals surface area contributed by atoms with Gasteiger partial charge in [0.05, 0.1) is 18.5 Å². The van der Waals surface area contributed by atoms with Crippen LogP contribution in [0.4, 0.5) is 11.4 Å². The molecule has 0 saturated heterocycles. The minimum absolute atomic E-state index is 0.927. The molecule has 0 bridgehead atoms. The van der Waals surface area contributed by atoms with Crippen LogP contribution in [0.5, 0.6) is 5.75 Å². The minimum atomic E-state index is 0.927. The van der Waals surface area contributed by atoms with Gasteiger partial charge < -0.3 is 15.0 Å². The summed E-state index contributed by atoms with van der Waals surface area (Å²) in [5, 5.41) is 3.44. The van der Waals surface area contributed by atoms with Gasteiger partial charge in [-0.25, -0.2) is 0 Å². The second kappa shape index (κ2) is 4.43. The summed E-state index contributed by atoms with van der Waals surface area (Å²) in [6.45, 7) is 5.40. The van der Waals surface area contributed by atoms with Gasteiger partial charge >= 0.3 is 0 Å². The zero-order valence-electron chi connectivity index (χ0n) is 9.42. The molecule has 2 rings (SSSR count). The summed E-state index contributed by atoms with van der Waals surface area (Å²) in [6, 6.07) is 6.21. The molecule has 0 amide bonds. The van der Waals surface area contributed by atoms with E-state index in [0.29, 0.717) is 0 Å². The number of nitrogens with zero attached hydrogens (tertiary/aromatic N) is 1. The summed E-state index contributed by atoms with van der Waals surface area (Å²) in [5.41, 5.74) is 2.48. The van der Waals surface area contributed by atoms with Crippen LogP contribution in [0.25, 0.3) is 0 Å². The van der Waals surface area contributed by atoms with E-state index in [0.717, 1.165) is 25.4 Å². The molecule has 82 valence electrons. The van der Waals surface area contributed by atoms with Crippen molar-refractivity contribution in [3.05, 3.63) is 18.2 Å². The SMILES string of the molecule is CCN1CCCNc2ccc(OC)cc21. The first-order chi connectivity index (χ1) is 7.35. The van der Waals surface area contributed by atoms with Crippen molar-refractivity contribution in [2.24, 2.45) is 0 Å². The topological polar surface area (TPSA) is 24.5 Å². The zero-order chi connectivity index (χ0) is 10.7. The largest absolute Gasteiger partial charge is 0.497 e. The summed E-state index contributed by atoms with van der Waals surface area (Å²) in [6.07, 6.45) is 1.19. The fourth-order valence-electron chi connectivity index (χ4n) is 1.99. The van der Waals surface area contributed by atoms with Crippen LogP contribution < -0.4 is 15.0 Å². The second-order valence-corrected chi connectivity index (χ2v) is 3.74. The van der Waals surface area contributed by atoms with E-state index in [1.54, 1.807) is 7.11 Å². The molecule has 1 N–H and O–H groups in total. The van der Waals surface area contributed by atoms with Gasteiger partial charge in [0.2, 0.25) is 0 Å². The quantitative estimate of drug-likeness (QED) is 0.803. The van der Waals surface area contributed by atoms with Crippen molar-refractivity contribution in [2.75, 3.05) is 37.0 Å². The van der Waals surface area contributed by atoms with Gasteiger partial charge in [-0.1, -0.05) is 0 Å². The average molecular weight is 206 g/mol. The van der Waals surface area contributed by atoms with E-state index in [-0.39, 0.29) is 0 Å². The van der Waals surface area contributed by atoms with Crippen molar-refractivity contribution in [1.29, 1.82) is 0 Å². The van der Waals surface area contributed by atoms with E-state index < -0.39 is 0 Å². The maximum absolute atomic E-state index is 5.26. The van der Waals surface area contributed by atoms with Crippen LogP contribution in [0.2, 0.25) is 0 Å². The molecule has 15 heavy (non-hydrogen) atoms. The molecule has 0 unspecified atom stereocenters. The van der Waals surface area contributed by atoms with Gasteiger partial charge in [-0.2, -0.15) is 0 Å². The Labute approximate surface area is 91.0 Å². The summed E-state index contributed by atoms with van der Waals surface area (Å²) >= 11 is 0. The summed E-state index contributed by atoms with van der Waals surface area (Å²) in [4.78, 5) is 2.39. The van der Waals surface area contributed by atoms with E-state index in [1.807, 2.05) is 6.07 Å². The molecule has 1 aliphatic heterocycles. The number of hydrogen-bond acceptors (Lipinski definition) is 3. The van der Waals surface area contributed by atoms with Gasteiger partial charge in [0.15, 0.2) is 0 Å². The fourth-order valence-corrected chi connectivity index (χ4v) is 1.99. The number of benzene rings is 1. The number of fused-ring (bicyclic) bond motifs is 1. The van der Waals surface area contributed by atoms with Gasteiger partial charge in [0.25, 0.3) is 0 Å². The first-order valence-corrected chi connectivity index (χ1v) is 5.52. The van der Waals surface area contributed by atoms with Gasteiger partial charge in [-0.3, -0.25) is 0 Å². The highest BCUT2D eigenvalue weighted by Gasteiger charge is 2.13. The Morgan fingerprint density at radius 1 is 1.47 bits per heavy atom. The molecule has 1 aromatic carbocycles. The Morgan fingerprint density at radius 2 is 2.33 bits per heavy atom. The van der Waals surface area contributed by atoms with E-state index >= 15 is 0 Å². The predicted molar refractivity (Wildman–Crippen MR) is 64.0 cm³/mol. The number of hydrogen-bond donors (Lipinski definition) is 1. The molecule has 1 aliphatic rings. The highest BCUT2D eigenvalue weighted by Crippen LogP contribution is 2.31. The first kappa shape index (κ1) is 10.1. The highest BCUT2D eigenvalue weighted by atomic mass is 16.5. The normalized spacial score (nSPS) is 15.2. The molecule has 1 heterocycles. The fraction of sp³-hybridized carbons (Fsp3) is 0.500. The number of nitrogens with one attached hydrogen (secondary N) is 1. The number of ether oxygens (including phenoxy) is 1. The lowest BCUT2D eigenvalue weighted by molar-refractivity contribution is 0.415. The smallest absolute Gasteiger partial charge is 0.121 e. The van der Waals surface area contributed by atoms with Crippen molar-refractivity contribution in [3.8, 4) is 5.75 Å². The lowest BCUT2D eigenvalue weighted by atomic mass is 10.2. The number of anilines is 2. The molecule has 0 aromatic heterocycles. The van der Waals surface area contributed by atoms with Crippen molar-refractivity contribution in [3.63, 3.8) is 0 Å². The third kappa shape index (κ3) is 2.01. The molecular formula is C12H18N2O. The van der Waals surface area contributed by atoms with E-state index in [4.69, 9.17) is 4.74 Å². The summed E-state index contributed by atoms with van der Waals surface area (Å²) < 4.78 is 5.26. The molecule has 0 saturated carbocycles. The zero-order valence-corrected chi connectivity index (χ0v) is 9.42. The van der Waals surface area contributed by atoms with Crippen molar-refractivity contribution in [2.45, 2.75) is 13.3 Å². The Morgan fingerprint density at radius 3 is 3.07 bits per heavy atom. The van der Waals surface area contributed by atoms with Crippen LogP contribution in [0, 0.1) is 0 Å². The van der Waals surface area contributed by atoms with Crippen molar-refractivity contribution in [1.82, 2.24) is 0 Å². The van der Waals surface area contributed by atoms with Crippen LogP contribution in [-0.2, 0) is 0 Å². The van der Waals surface area contributed by atoms with Crippen LogP contribution >= 0.6 is 0 Å². The van der Waals surface area contributed by atoms with Gasteiger partial charge in [-0.15, -0.1) is 0 Å². The third-order valence-corrected chi connectivity index (χ3v) is 2.85. The van der Waals surface area contributed by atoms with Crippen LogP contribution in [0.1, 0.15) is 13.3 Å². The van der Waals surface area contributed by atoms with Crippen LogP contribution in [0.3, 0.4) is 0 Å². The number of rotatable bonds is 2. The number of methoxy groups -OCH3 is 1. The Bertz CT molecular complexity index is 338. The van der Waals surface area contributed by atoms with E-state index in [1.165, 1.54) is 17.8 Å². The predicted octanol–water partition coefficient (Wildman–Crippen LogP) is 2.34. The Kier molecular flexibility index (Phi) is 2.99. The molecule has 0 fully saturated rings. The monoisotopic (exact) mass is 206 g/mol. The van der Waals surface area contributed by atoms with E-state index in [2.05, 4.69) is 29.3 Å². The average Bonchev–Trinajstić information content (AvgIpc) is 2.49. The molecule has 3 heteroatoms. The van der Waals surface area contributed by atoms with Crippen molar-refractivity contribution < 1.29 is 4.74 Å². The molecular weight excluding hydrogens is 188 g/mol. The van der Waals surface area contributed by atoms with Crippen molar-refractivity contribution >= 4 is 11.4 Å². The summed E-state index contributed by atoms with van der Waals surface area (Å²) in [7, 11) is 1.71. The minimum Gasteiger partial charge on any atom is -0.497 e. The molecule has 3 nitrogen and oxygen atoms in total. The summed E-state index contributed by atoms with van der Waals surface area (Å²) in [5.74, 6) is 0.927. The van der Waals surface area contributed by atoms with Gasteiger partial charge in [-0.05, 0) is 25.5 Å². The highest BCUT2D eigenvalue weighted by molar-refractivity contribution is 5.72. The van der Waals surface area contributed by atoms with Crippen LogP contribution in [-0.4, -0.2) is 26.7 Å². The van der Waals surface area contributed by atoms with Gasteiger partial charge in [0.1, 0.15) is 5.75 Å². The molecule has 0 radical (unpaired) electrons. The molecule has 1 aromatic rings. The van der Waals surface area contributed by atoms with Gasteiger partial charge in [0, 0.05) is 25.7 Å². The Balaban J connectivity index is 2.38. The second-order valence-electron chi connectivity index (χ2n) is 3.74. The maximum Gasteiger partial charge on any atom is 0.121 e. The lowest BCUT2D eigenvalue weighted by Gasteiger charge is -2.22. The maximum atomic E-state index is 5.26. The lowest BCUT2D eigenvalue weighted by Crippen LogP contribution is -2.23. The Hall–Kier alpha value is -1.38. The first-order valence-electron chi connectivity index (χ1n) is 5.52. The molecule has 0 spiro atoms. The molecule has 0 atom stereocenters. The van der Waals surface area contributed by atoms with Crippen LogP contribution in [0.15, 0.2) is 18.2 Å². The standard InChI is InChI=1S/C12H18N2O/c1-3-14-8-4-7-13-11-6-5-10(15-2)9-12(11)14/h5-6,9,13H,3-4,7-8H2,1-2H3. The van der Waals surface area contributed by atoms with E-state index in [9.17, 15) is 0 Å². The third-order valence-electron chi connectivity index (χ3n) is 2.85.